The molecule has 1 N–H and O–H groups in total. The third-order valence-corrected chi connectivity index (χ3v) is 4.36. The number of halogens is 3. The molecule has 2 aromatic rings. The molecule has 31 heavy (non-hydrogen) atoms. The molecule has 0 radical (unpaired) electrons. The van der Waals surface area contributed by atoms with Gasteiger partial charge in [-0.2, -0.15) is 13.2 Å². The second-order valence-electron chi connectivity index (χ2n) is 6.55. The lowest BCUT2D eigenvalue weighted by atomic mass is 10.1. The number of hydrogen-bond acceptors (Lipinski definition) is 4. The van der Waals surface area contributed by atoms with Gasteiger partial charge in [-0.05, 0) is 36.8 Å². The molecule has 0 aromatic heterocycles. The molecule has 9 heteroatoms. The number of nitrogens with zero attached hydrogens (tertiary/aromatic N) is 1. The lowest BCUT2D eigenvalue weighted by molar-refractivity contribution is -0.137. The third kappa shape index (κ3) is 4.82. The molecule has 0 aliphatic carbocycles. The Morgan fingerprint density at radius 1 is 1.16 bits per heavy atom. The number of amides is 2. The normalized spacial score (nSPS) is 13.6. The van der Waals surface area contributed by atoms with Gasteiger partial charge in [0.2, 0.25) is 0 Å². The average molecular weight is 430 g/mol. The molecule has 3 rings (SSSR count). The van der Waals surface area contributed by atoms with Gasteiger partial charge in [0.15, 0.2) is 11.5 Å². The summed E-state index contributed by atoms with van der Waals surface area (Å²) in [6.45, 7) is 5.41. The van der Waals surface area contributed by atoms with Crippen LogP contribution in [-0.4, -0.2) is 25.1 Å². The van der Waals surface area contributed by atoms with Crippen molar-refractivity contribution < 1.29 is 32.2 Å². The number of dihydropyridines is 1. The number of para-hydroxylation sites is 1. The molecule has 0 spiro atoms. The maximum Gasteiger partial charge on any atom is 0.416 e. The van der Waals surface area contributed by atoms with Crippen LogP contribution in [0.3, 0.4) is 0 Å². The number of hydrogen-bond donors (Lipinski definition) is 1. The number of alkyl halides is 3. The summed E-state index contributed by atoms with van der Waals surface area (Å²) in [5.74, 6) is -1.27. The molecule has 2 aromatic carbocycles. The fraction of sp³-hybridized carbons (Fsp3) is 0.136. The minimum absolute atomic E-state index is 0.0870. The molecule has 1 aliphatic rings. The Morgan fingerprint density at radius 2 is 1.90 bits per heavy atom. The smallest absolute Gasteiger partial charge is 0.416 e. The summed E-state index contributed by atoms with van der Waals surface area (Å²) >= 11 is 0. The number of aryl methyl sites for hydroxylation is 1. The number of aliphatic imine (C=N–C) groups is 1. The minimum atomic E-state index is -4.65. The fourth-order valence-electron chi connectivity index (χ4n) is 2.83. The van der Waals surface area contributed by atoms with Gasteiger partial charge in [0.05, 0.1) is 23.9 Å². The van der Waals surface area contributed by atoms with Crippen LogP contribution in [0, 0.1) is 6.92 Å². The second-order valence-corrected chi connectivity index (χ2v) is 6.55. The van der Waals surface area contributed by atoms with E-state index in [0.717, 1.165) is 24.3 Å². The minimum Gasteiger partial charge on any atom is -0.493 e. The van der Waals surface area contributed by atoms with Crippen molar-refractivity contribution in [2.24, 2.45) is 4.99 Å². The molecule has 0 saturated heterocycles. The Morgan fingerprint density at radius 3 is 2.58 bits per heavy atom. The fourth-order valence-corrected chi connectivity index (χ4v) is 2.83. The first-order valence-corrected chi connectivity index (χ1v) is 8.93. The summed E-state index contributed by atoms with van der Waals surface area (Å²) in [6.07, 6.45) is -2.40. The van der Waals surface area contributed by atoms with Crippen molar-refractivity contribution in [2.75, 3.05) is 7.11 Å². The highest BCUT2D eigenvalue weighted by atomic mass is 19.4. The van der Waals surface area contributed by atoms with Crippen molar-refractivity contribution in [1.82, 2.24) is 5.32 Å². The molecule has 0 unspecified atom stereocenters. The lowest BCUT2D eigenvalue weighted by Crippen LogP contribution is -2.26. The van der Waals surface area contributed by atoms with Crippen LogP contribution in [0.2, 0.25) is 0 Å². The van der Waals surface area contributed by atoms with E-state index in [1.807, 2.05) is 0 Å². The Kier molecular flexibility index (Phi) is 5.96. The Hall–Kier alpha value is -3.88. The molecule has 0 fully saturated rings. The van der Waals surface area contributed by atoms with Crippen LogP contribution >= 0.6 is 0 Å². The summed E-state index contributed by atoms with van der Waals surface area (Å²) in [5, 5.41) is 2.46. The zero-order valence-corrected chi connectivity index (χ0v) is 16.5. The van der Waals surface area contributed by atoms with E-state index in [9.17, 15) is 22.8 Å². The van der Waals surface area contributed by atoms with Crippen molar-refractivity contribution in [3.63, 3.8) is 0 Å². The number of carbonyl (C=O) groups excluding carboxylic acids is 2. The zero-order valence-electron chi connectivity index (χ0n) is 16.5. The van der Waals surface area contributed by atoms with Crippen LogP contribution in [-0.2, 0) is 11.0 Å². The van der Waals surface area contributed by atoms with Gasteiger partial charge in [0, 0.05) is 17.9 Å². The van der Waals surface area contributed by atoms with Gasteiger partial charge in [-0.15, -0.1) is 0 Å². The van der Waals surface area contributed by atoms with Crippen molar-refractivity contribution in [3.05, 3.63) is 77.0 Å². The van der Waals surface area contributed by atoms with Gasteiger partial charge >= 0.3 is 6.18 Å². The molecule has 160 valence electrons. The van der Waals surface area contributed by atoms with Crippen molar-refractivity contribution in [2.45, 2.75) is 13.1 Å². The van der Waals surface area contributed by atoms with Crippen molar-refractivity contribution in [1.29, 1.82) is 0 Å². The number of methoxy groups -OCH3 is 1. The quantitative estimate of drug-likeness (QED) is 0.753. The maximum absolute atomic E-state index is 13.3. The summed E-state index contributed by atoms with van der Waals surface area (Å²) in [5.41, 5.74) is -0.124. The first-order chi connectivity index (χ1) is 14.6. The molecule has 1 aliphatic heterocycles. The zero-order chi connectivity index (χ0) is 22.8. The number of ether oxygens (including phenoxy) is 2. The molecular weight excluding hydrogens is 413 g/mol. The SMILES string of the molecule is C=C1C=NC(=O)C=C1NC(=O)c1ccc(C(F)(F)F)cc1Oc1cccc(C)c1OC. The largest absolute Gasteiger partial charge is 0.493 e. The number of carbonyl (C=O) groups is 2. The van der Waals surface area contributed by atoms with Gasteiger partial charge in [0.25, 0.3) is 11.8 Å². The average Bonchev–Trinajstić information content (AvgIpc) is 2.70. The third-order valence-electron chi connectivity index (χ3n) is 4.36. The van der Waals surface area contributed by atoms with E-state index in [1.54, 1.807) is 19.1 Å². The lowest BCUT2D eigenvalue weighted by Gasteiger charge is -2.18. The van der Waals surface area contributed by atoms with Crippen molar-refractivity contribution in [3.8, 4) is 17.2 Å². The van der Waals surface area contributed by atoms with Gasteiger partial charge in [-0.1, -0.05) is 18.7 Å². The van der Waals surface area contributed by atoms with Crippen LogP contribution in [0.1, 0.15) is 21.5 Å². The van der Waals surface area contributed by atoms with E-state index in [1.165, 1.54) is 19.4 Å². The van der Waals surface area contributed by atoms with E-state index < -0.39 is 23.6 Å². The highest BCUT2D eigenvalue weighted by molar-refractivity contribution is 6.07. The van der Waals surface area contributed by atoms with Gasteiger partial charge in [-0.25, -0.2) is 4.99 Å². The Bertz CT molecular complexity index is 1130. The molecule has 2 amide bonds. The number of rotatable bonds is 5. The molecule has 0 atom stereocenters. The monoisotopic (exact) mass is 430 g/mol. The van der Waals surface area contributed by atoms with Crippen LogP contribution < -0.4 is 14.8 Å². The maximum atomic E-state index is 13.3. The molecule has 6 nitrogen and oxygen atoms in total. The number of allylic oxidation sites excluding steroid dienone is 1. The standard InChI is InChI=1S/C22H17F3N2O4/c1-12-5-4-6-17(20(12)30-3)31-18-9-14(22(23,24)25)7-8-15(18)21(29)27-16-10-19(28)26-11-13(16)2/h4-11H,2H2,1,3H3,(H,27,29). The van der Waals surface area contributed by atoms with Gasteiger partial charge < -0.3 is 14.8 Å². The van der Waals surface area contributed by atoms with Gasteiger partial charge in [-0.3, -0.25) is 9.59 Å². The van der Waals surface area contributed by atoms with E-state index in [0.29, 0.717) is 11.3 Å². The van der Waals surface area contributed by atoms with Crippen LogP contribution in [0.15, 0.2) is 65.3 Å². The molecule has 1 heterocycles. The predicted octanol–water partition coefficient (Wildman–Crippen LogP) is 4.60. The molecule has 0 saturated carbocycles. The predicted molar refractivity (Wildman–Crippen MR) is 107 cm³/mol. The Balaban J connectivity index is 2.02. The van der Waals surface area contributed by atoms with E-state index in [-0.39, 0.29) is 28.3 Å². The topological polar surface area (TPSA) is 77.0 Å². The Labute approximate surface area is 175 Å². The first-order valence-electron chi connectivity index (χ1n) is 8.93. The highest BCUT2D eigenvalue weighted by Gasteiger charge is 2.32. The van der Waals surface area contributed by atoms with Crippen LogP contribution in [0.4, 0.5) is 13.2 Å². The van der Waals surface area contributed by atoms with E-state index >= 15 is 0 Å². The molecule has 0 bridgehead atoms. The first kappa shape index (κ1) is 21.8. The number of nitrogens with one attached hydrogen (secondary N) is 1. The second kappa shape index (κ2) is 8.47. The van der Waals surface area contributed by atoms with E-state index in [4.69, 9.17) is 9.47 Å². The number of benzene rings is 2. The van der Waals surface area contributed by atoms with Gasteiger partial charge in [0.1, 0.15) is 5.75 Å². The summed E-state index contributed by atoms with van der Waals surface area (Å²) < 4.78 is 50.7. The summed E-state index contributed by atoms with van der Waals surface area (Å²) in [6, 6.07) is 7.39. The summed E-state index contributed by atoms with van der Waals surface area (Å²) in [4.78, 5) is 27.8. The summed E-state index contributed by atoms with van der Waals surface area (Å²) in [7, 11) is 1.40. The van der Waals surface area contributed by atoms with Crippen molar-refractivity contribution >= 4 is 18.0 Å². The van der Waals surface area contributed by atoms with Crippen LogP contribution in [0.5, 0.6) is 17.2 Å². The van der Waals surface area contributed by atoms with E-state index in [2.05, 4.69) is 16.9 Å². The van der Waals surface area contributed by atoms with Crippen LogP contribution in [0.25, 0.3) is 0 Å². The molecular formula is C22H17F3N2O4. The highest BCUT2D eigenvalue weighted by Crippen LogP contribution is 2.38.